The highest BCUT2D eigenvalue weighted by atomic mass is 16.6. The van der Waals surface area contributed by atoms with Gasteiger partial charge in [-0.15, -0.1) is 0 Å². The third kappa shape index (κ3) is 7.09. The zero-order valence-electron chi connectivity index (χ0n) is 20.5. The van der Waals surface area contributed by atoms with Gasteiger partial charge in [0, 0.05) is 11.3 Å². The van der Waals surface area contributed by atoms with Crippen LogP contribution >= 0.6 is 0 Å². The Labute approximate surface area is 211 Å². The number of nitrogens with zero attached hydrogens (tertiary/aromatic N) is 1. The number of nitrogens with one attached hydrogen (secondary N) is 1. The predicted octanol–water partition coefficient (Wildman–Crippen LogP) is 4.10. The van der Waals surface area contributed by atoms with Crippen LogP contribution in [-0.4, -0.2) is 18.5 Å². The van der Waals surface area contributed by atoms with E-state index in [-0.39, 0.29) is 13.2 Å². The Morgan fingerprint density at radius 1 is 1.03 bits per heavy atom. The molecule has 0 amide bonds. The van der Waals surface area contributed by atoms with Crippen LogP contribution in [0.15, 0.2) is 66.7 Å². The molecule has 0 aromatic heterocycles. The number of carboxylic acid groups (broad SMARTS) is 1. The van der Waals surface area contributed by atoms with Crippen molar-refractivity contribution in [2.45, 2.75) is 45.8 Å². The number of anilines is 1. The summed E-state index contributed by atoms with van der Waals surface area (Å²) in [6.45, 7) is 3.76. The van der Waals surface area contributed by atoms with Crippen LogP contribution in [0, 0.1) is 11.3 Å². The Morgan fingerprint density at radius 3 is 2.36 bits per heavy atom. The SMILES string of the molecule is CCCc1cc(CC)cc(C(Nc2ccc(C#N)cc2)C(=O)[O-])c1OCC(=O)OCc1ccccc1. The van der Waals surface area contributed by atoms with Crippen LogP contribution in [-0.2, 0) is 33.8 Å². The summed E-state index contributed by atoms with van der Waals surface area (Å²) in [5, 5.41) is 24.3. The number of hydrogen-bond donors (Lipinski definition) is 1. The number of carbonyl (C=O) groups excluding carboxylic acids is 2. The maximum atomic E-state index is 12.4. The predicted molar refractivity (Wildman–Crippen MR) is 134 cm³/mol. The number of esters is 1. The van der Waals surface area contributed by atoms with Gasteiger partial charge in [0.05, 0.1) is 23.6 Å². The molecule has 36 heavy (non-hydrogen) atoms. The Balaban J connectivity index is 1.88. The number of carboxylic acids is 1. The van der Waals surface area contributed by atoms with Crippen molar-refractivity contribution in [3.05, 3.63) is 94.5 Å². The second-order valence-electron chi connectivity index (χ2n) is 8.30. The van der Waals surface area contributed by atoms with E-state index in [1.807, 2.05) is 56.3 Å². The summed E-state index contributed by atoms with van der Waals surface area (Å²) in [6.07, 6.45) is 2.14. The quantitative estimate of drug-likeness (QED) is 0.385. The second-order valence-corrected chi connectivity index (χ2v) is 8.30. The molecular weight excluding hydrogens is 456 g/mol. The highest BCUT2D eigenvalue weighted by molar-refractivity contribution is 5.79. The molecule has 0 fully saturated rings. The largest absolute Gasteiger partial charge is 0.548 e. The molecule has 3 aromatic rings. The summed E-state index contributed by atoms with van der Waals surface area (Å²) in [7, 11) is 0. The lowest BCUT2D eigenvalue weighted by Gasteiger charge is -2.26. The third-order valence-corrected chi connectivity index (χ3v) is 5.63. The van der Waals surface area contributed by atoms with Crippen molar-refractivity contribution in [2.75, 3.05) is 11.9 Å². The fourth-order valence-corrected chi connectivity index (χ4v) is 3.81. The number of aliphatic carboxylic acids is 1. The zero-order chi connectivity index (χ0) is 25.9. The Hall–Kier alpha value is -4.31. The summed E-state index contributed by atoms with van der Waals surface area (Å²) in [6, 6.07) is 20.3. The molecule has 0 spiro atoms. The number of nitriles is 1. The summed E-state index contributed by atoms with van der Waals surface area (Å²) < 4.78 is 11.3. The molecule has 0 saturated carbocycles. The van der Waals surface area contributed by atoms with E-state index in [0.29, 0.717) is 35.4 Å². The van der Waals surface area contributed by atoms with Crippen molar-refractivity contribution >= 4 is 17.6 Å². The lowest BCUT2D eigenvalue weighted by atomic mass is 9.95. The molecule has 186 valence electrons. The molecule has 7 heteroatoms. The van der Waals surface area contributed by atoms with Crippen molar-refractivity contribution in [1.82, 2.24) is 0 Å². The minimum Gasteiger partial charge on any atom is -0.548 e. The van der Waals surface area contributed by atoms with Crippen LogP contribution in [0.4, 0.5) is 5.69 Å². The average Bonchev–Trinajstić information content (AvgIpc) is 2.90. The second kappa shape index (κ2) is 13.0. The first kappa shape index (κ1) is 26.3. The van der Waals surface area contributed by atoms with E-state index in [4.69, 9.17) is 14.7 Å². The van der Waals surface area contributed by atoms with Gasteiger partial charge in [0.25, 0.3) is 0 Å². The minimum atomic E-state index is -1.34. The van der Waals surface area contributed by atoms with Crippen molar-refractivity contribution in [1.29, 1.82) is 5.26 Å². The number of aryl methyl sites for hydroxylation is 2. The van der Waals surface area contributed by atoms with E-state index < -0.39 is 18.0 Å². The Bertz CT molecular complexity index is 1220. The summed E-state index contributed by atoms with van der Waals surface area (Å²) >= 11 is 0. The highest BCUT2D eigenvalue weighted by Gasteiger charge is 2.22. The van der Waals surface area contributed by atoms with Gasteiger partial charge in [0.15, 0.2) is 6.61 Å². The third-order valence-electron chi connectivity index (χ3n) is 5.63. The minimum absolute atomic E-state index is 0.119. The van der Waals surface area contributed by atoms with Crippen molar-refractivity contribution in [3.63, 3.8) is 0 Å². The van der Waals surface area contributed by atoms with Gasteiger partial charge in [-0.2, -0.15) is 5.26 Å². The molecule has 1 N–H and O–H groups in total. The molecular formula is C29H29N2O5-. The molecule has 7 nitrogen and oxygen atoms in total. The van der Waals surface area contributed by atoms with Crippen LogP contribution in [0.5, 0.6) is 5.75 Å². The van der Waals surface area contributed by atoms with Gasteiger partial charge in [0.1, 0.15) is 12.4 Å². The first-order valence-corrected chi connectivity index (χ1v) is 11.9. The van der Waals surface area contributed by atoms with E-state index in [1.54, 1.807) is 30.3 Å². The Morgan fingerprint density at radius 2 is 1.75 bits per heavy atom. The number of hydrogen-bond acceptors (Lipinski definition) is 7. The molecule has 3 aromatic carbocycles. The molecule has 0 heterocycles. The van der Waals surface area contributed by atoms with E-state index in [2.05, 4.69) is 5.32 Å². The van der Waals surface area contributed by atoms with Gasteiger partial charge in [-0.05, 0) is 59.9 Å². The van der Waals surface area contributed by atoms with Gasteiger partial charge in [-0.25, -0.2) is 4.79 Å². The van der Waals surface area contributed by atoms with Crippen molar-refractivity contribution in [3.8, 4) is 11.8 Å². The molecule has 3 rings (SSSR count). The summed E-state index contributed by atoms with van der Waals surface area (Å²) in [4.78, 5) is 24.7. The molecule has 0 radical (unpaired) electrons. The lowest BCUT2D eigenvalue weighted by molar-refractivity contribution is -0.307. The summed E-state index contributed by atoms with van der Waals surface area (Å²) in [5.41, 5.74) is 3.96. The van der Waals surface area contributed by atoms with E-state index in [1.165, 1.54) is 0 Å². The van der Waals surface area contributed by atoms with Gasteiger partial charge in [0.2, 0.25) is 0 Å². The van der Waals surface area contributed by atoms with Gasteiger partial charge >= 0.3 is 5.97 Å². The number of ether oxygens (including phenoxy) is 2. The van der Waals surface area contributed by atoms with Crippen molar-refractivity contribution < 1.29 is 24.2 Å². The average molecular weight is 486 g/mol. The van der Waals surface area contributed by atoms with Crippen LogP contribution in [0.3, 0.4) is 0 Å². The molecule has 1 atom stereocenters. The van der Waals surface area contributed by atoms with Crippen LogP contribution in [0.25, 0.3) is 0 Å². The topological polar surface area (TPSA) is 111 Å². The molecule has 0 bridgehead atoms. The van der Waals surface area contributed by atoms with Crippen LogP contribution in [0.1, 0.15) is 54.1 Å². The first-order valence-electron chi connectivity index (χ1n) is 11.9. The molecule has 0 saturated heterocycles. The monoisotopic (exact) mass is 485 g/mol. The maximum absolute atomic E-state index is 12.4. The van der Waals surface area contributed by atoms with E-state index in [0.717, 1.165) is 23.1 Å². The zero-order valence-corrected chi connectivity index (χ0v) is 20.5. The van der Waals surface area contributed by atoms with Gasteiger partial charge in [-0.3, -0.25) is 0 Å². The lowest BCUT2D eigenvalue weighted by Crippen LogP contribution is -2.35. The highest BCUT2D eigenvalue weighted by Crippen LogP contribution is 2.34. The summed E-state index contributed by atoms with van der Waals surface area (Å²) in [5.74, 6) is -1.57. The fourth-order valence-electron chi connectivity index (χ4n) is 3.81. The smallest absolute Gasteiger partial charge is 0.344 e. The normalized spacial score (nSPS) is 11.2. The maximum Gasteiger partial charge on any atom is 0.344 e. The molecule has 0 aliphatic heterocycles. The van der Waals surface area contributed by atoms with Gasteiger partial charge in [-0.1, -0.05) is 56.7 Å². The number of benzene rings is 3. The van der Waals surface area contributed by atoms with E-state index in [9.17, 15) is 14.7 Å². The first-order chi connectivity index (χ1) is 17.4. The standard InChI is InChI=1S/C29H30N2O5/c1-3-8-23-15-20(4-2)16-25(27(29(33)34)31-24-13-11-21(17-30)12-14-24)28(23)36-19-26(32)35-18-22-9-6-5-7-10-22/h5-7,9-16,27,31H,3-4,8,18-19H2,1-2H3,(H,33,34)/p-1. The van der Waals surface area contributed by atoms with Gasteiger partial charge < -0.3 is 24.7 Å². The number of rotatable bonds is 12. The molecule has 0 aliphatic rings. The van der Waals surface area contributed by atoms with Crippen molar-refractivity contribution in [2.24, 2.45) is 0 Å². The Kier molecular flexibility index (Phi) is 9.47. The van der Waals surface area contributed by atoms with Crippen LogP contribution < -0.4 is 15.2 Å². The number of carbonyl (C=O) groups is 2. The molecule has 1 unspecified atom stereocenters. The molecule has 0 aliphatic carbocycles. The van der Waals surface area contributed by atoms with Crippen LogP contribution in [0.2, 0.25) is 0 Å². The van der Waals surface area contributed by atoms with E-state index >= 15 is 0 Å². The fraction of sp³-hybridized carbons (Fsp3) is 0.276.